The molecule has 0 atom stereocenters. The minimum Gasteiger partial charge on any atom is -0.576 e. The molecule has 0 saturated carbocycles. The van der Waals surface area contributed by atoms with Crippen LogP contribution in [0.2, 0.25) is 0 Å². The topological polar surface area (TPSA) is 0 Å². The van der Waals surface area contributed by atoms with Crippen LogP contribution in [0.1, 0.15) is 0 Å². The maximum absolute atomic E-state index is 12.9. The predicted molar refractivity (Wildman–Crippen MR) is 43.5 cm³/mol. The Morgan fingerprint density at radius 3 is 2.23 bits per heavy atom. The van der Waals surface area contributed by atoms with E-state index in [0.29, 0.717) is 6.07 Å². The zero-order valence-electron chi connectivity index (χ0n) is 7.20. The molecule has 0 aromatic heterocycles. The summed E-state index contributed by atoms with van der Waals surface area (Å²) in [5, 5.41) is 0. The van der Waals surface area contributed by atoms with Gasteiger partial charge in [0.1, 0.15) is 0 Å². The van der Waals surface area contributed by atoms with Gasteiger partial charge in [0.05, 0.1) is 10.7 Å². The Morgan fingerprint density at radius 2 is 1.77 bits per heavy atom. The molecule has 0 saturated heterocycles. The van der Waals surface area contributed by atoms with Crippen LogP contribution in [0, 0.1) is 17.5 Å². The van der Waals surface area contributed by atoms with Gasteiger partial charge in [-0.15, -0.1) is 11.8 Å². The normalized spacial score (nSPS) is 9.62. The fourth-order valence-corrected chi connectivity index (χ4v) is 1.35. The fourth-order valence-electron chi connectivity index (χ4n) is 0.778. The molecule has 0 aliphatic rings. The molecule has 1 aromatic carbocycles. The van der Waals surface area contributed by atoms with Crippen LogP contribution in [-0.4, -0.2) is 14.1 Å². The third-order valence-electron chi connectivity index (χ3n) is 1.35. The van der Waals surface area contributed by atoms with Gasteiger partial charge in [-0.2, -0.15) is 0 Å². The quantitative estimate of drug-likeness (QED) is 0.324. The molecule has 0 bridgehead atoms. The van der Waals surface area contributed by atoms with Gasteiger partial charge in [0.25, 0.3) is 0 Å². The molecule has 0 heterocycles. The van der Waals surface area contributed by atoms with Gasteiger partial charge in [-0.05, 0) is 6.26 Å². The summed E-state index contributed by atoms with van der Waals surface area (Å²) in [4.78, 5) is -0.382. The SMILES string of the molecule is [B-]c1cc(F)c(F)c(SC)c1F.[K+]. The Morgan fingerprint density at radius 1 is 1.23 bits per heavy atom. The molecule has 0 spiro atoms. The van der Waals surface area contributed by atoms with E-state index in [1.54, 1.807) is 0 Å². The van der Waals surface area contributed by atoms with Crippen LogP contribution in [0.15, 0.2) is 11.0 Å². The predicted octanol–water partition coefficient (Wildman–Crippen LogP) is -1.38. The molecular formula is C7H4BF3KS. The molecule has 0 N–H and O–H groups in total. The molecule has 0 nitrogen and oxygen atoms in total. The second-order valence-corrected chi connectivity index (χ2v) is 2.93. The maximum Gasteiger partial charge on any atom is 1.00 e. The molecule has 0 aliphatic carbocycles. The first kappa shape index (κ1) is 14.1. The van der Waals surface area contributed by atoms with Crippen molar-refractivity contribution in [3.05, 3.63) is 23.5 Å². The van der Waals surface area contributed by atoms with E-state index in [2.05, 4.69) is 0 Å². The summed E-state index contributed by atoms with van der Waals surface area (Å²) in [6, 6.07) is 0.629. The van der Waals surface area contributed by atoms with Crippen molar-refractivity contribution in [1.82, 2.24) is 0 Å². The number of rotatable bonds is 1. The first-order valence-corrected chi connectivity index (χ1v) is 4.27. The van der Waals surface area contributed by atoms with E-state index in [1.807, 2.05) is 0 Å². The first-order chi connectivity index (χ1) is 5.57. The summed E-state index contributed by atoms with van der Waals surface area (Å²) < 4.78 is 38.2. The number of benzene rings is 1. The van der Waals surface area contributed by atoms with Gasteiger partial charge in [0.2, 0.25) is 0 Å². The standard InChI is InChI=1S/C7H4BF3S.K/c1-12-7-5(10)3(8)2-4(9)6(7)11;/h2H,1H3;/q-1;+1. The monoisotopic (exact) mass is 227 g/mol. The molecule has 0 aliphatic heterocycles. The number of thioether (sulfide) groups is 1. The third kappa shape index (κ3) is 3.00. The summed E-state index contributed by atoms with van der Waals surface area (Å²) in [5.41, 5.74) is -0.377. The van der Waals surface area contributed by atoms with Crippen LogP contribution >= 0.6 is 11.8 Å². The van der Waals surface area contributed by atoms with Crippen molar-refractivity contribution in [2.24, 2.45) is 0 Å². The molecule has 1 aromatic rings. The average molecular weight is 227 g/mol. The van der Waals surface area contributed by atoms with Crippen molar-refractivity contribution in [2.75, 3.05) is 6.26 Å². The second-order valence-electron chi connectivity index (χ2n) is 2.11. The molecule has 3 radical (unpaired) electrons. The van der Waals surface area contributed by atoms with Crippen molar-refractivity contribution in [3.8, 4) is 0 Å². The van der Waals surface area contributed by atoms with Crippen LogP contribution in [0.25, 0.3) is 0 Å². The van der Waals surface area contributed by atoms with E-state index in [4.69, 9.17) is 7.85 Å². The van der Waals surface area contributed by atoms with Gasteiger partial charge < -0.3 is 7.85 Å². The van der Waals surface area contributed by atoms with Gasteiger partial charge in [0, 0.05) is 0 Å². The first-order valence-electron chi connectivity index (χ1n) is 3.05. The van der Waals surface area contributed by atoms with Gasteiger partial charge in [-0.3, -0.25) is 5.46 Å². The van der Waals surface area contributed by atoms with Crippen LogP contribution in [0.5, 0.6) is 0 Å². The molecular weight excluding hydrogens is 223 g/mol. The van der Waals surface area contributed by atoms with Crippen LogP contribution in [0.4, 0.5) is 13.2 Å². The van der Waals surface area contributed by atoms with Crippen molar-refractivity contribution >= 4 is 25.1 Å². The largest absolute Gasteiger partial charge is 1.00 e. The molecule has 63 valence electrons. The fraction of sp³-hybridized carbons (Fsp3) is 0.143. The zero-order chi connectivity index (χ0) is 9.30. The maximum atomic E-state index is 12.9. The van der Waals surface area contributed by atoms with Gasteiger partial charge in [-0.1, -0.05) is 6.07 Å². The van der Waals surface area contributed by atoms with Crippen LogP contribution in [0.3, 0.4) is 0 Å². The van der Waals surface area contributed by atoms with Gasteiger partial charge in [0.15, 0.2) is 11.6 Å². The molecule has 0 unspecified atom stereocenters. The van der Waals surface area contributed by atoms with Crippen molar-refractivity contribution < 1.29 is 64.6 Å². The second kappa shape index (κ2) is 5.82. The van der Waals surface area contributed by atoms with Crippen LogP contribution < -0.4 is 56.8 Å². The minimum atomic E-state index is -1.19. The van der Waals surface area contributed by atoms with Crippen LogP contribution in [-0.2, 0) is 0 Å². The summed E-state index contributed by atoms with van der Waals surface area (Å²) in [7, 11) is 5.07. The Balaban J connectivity index is 0.00000144. The Kier molecular flexibility index (Phi) is 6.30. The Hall–Kier alpha value is 1.06. The zero-order valence-corrected chi connectivity index (χ0v) is 11.1. The van der Waals surface area contributed by atoms with Crippen molar-refractivity contribution in [3.63, 3.8) is 0 Å². The van der Waals surface area contributed by atoms with Gasteiger partial charge in [-0.25, -0.2) is 13.2 Å². The van der Waals surface area contributed by atoms with E-state index >= 15 is 0 Å². The summed E-state index contributed by atoms with van der Waals surface area (Å²) in [6.07, 6.45) is 1.44. The number of hydrogen-bond acceptors (Lipinski definition) is 1. The smallest absolute Gasteiger partial charge is 0.576 e. The molecule has 0 fully saturated rings. The van der Waals surface area contributed by atoms with Crippen molar-refractivity contribution in [2.45, 2.75) is 4.90 Å². The van der Waals surface area contributed by atoms with Gasteiger partial charge >= 0.3 is 51.4 Å². The van der Waals surface area contributed by atoms with E-state index in [9.17, 15) is 13.2 Å². The number of hydrogen-bond donors (Lipinski definition) is 0. The minimum absolute atomic E-state index is 0. The summed E-state index contributed by atoms with van der Waals surface area (Å²) >= 11 is 0.780. The third-order valence-corrected chi connectivity index (χ3v) is 2.11. The Bertz CT molecular complexity index is 293. The van der Waals surface area contributed by atoms with E-state index in [0.717, 1.165) is 11.8 Å². The molecule has 1 rings (SSSR count). The molecule has 6 heteroatoms. The Labute approximate surface area is 122 Å². The van der Waals surface area contributed by atoms with E-state index in [-0.39, 0.29) is 61.7 Å². The average Bonchev–Trinajstić information content (AvgIpc) is 2.02. The summed E-state index contributed by atoms with van der Waals surface area (Å²) in [5.74, 6) is -3.21. The number of halogens is 3. The van der Waals surface area contributed by atoms with Crippen molar-refractivity contribution in [1.29, 1.82) is 0 Å². The van der Waals surface area contributed by atoms with E-state index in [1.165, 1.54) is 6.26 Å². The summed E-state index contributed by atoms with van der Waals surface area (Å²) in [6.45, 7) is 0. The van der Waals surface area contributed by atoms with E-state index < -0.39 is 17.5 Å². The molecule has 13 heavy (non-hydrogen) atoms. The molecule has 0 amide bonds.